The highest BCUT2D eigenvalue weighted by Crippen LogP contribution is 2.30. The van der Waals surface area contributed by atoms with Crippen LogP contribution in [0.2, 0.25) is 0 Å². The minimum Gasteiger partial charge on any atom is -0.449 e. The average molecular weight is 357 g/mol. The van der Waals surface area contributed by atoms with Crippen molar-refractivity contribution in [2.24, 2.45) is 5.73 Å². The summed E-state index contributed by atoms with van der Waals surface area (Å²) in [6.07, 6.45) is 2.05. The SMILES string of the molecule is CC.CNc1c(C(N)=O)oc2ccc(C)cc12.O=Cc1ccc(=O)[nH]c1. The largest absolute Gasteiger partial charge is 0.449 e. The number of H-pyrrole nitrogens is 1. The summed E-state index contributed by atoms with van der Waals surface area (Å²) in [6.45, 7) is 5.98. The average Bonchev–Trinajstić information content (AvgIpc) is 3.02. The molecule has 2 heterocycles. The van der Waals surface area contributed by atoms with Crippen LogP contribution in [0.25, 0.3) is 11.0 Å². The van der Waals surface area contributed by atoms with E-state index in [4.69, 9.17) is 10.2 Å². The highest BCUT2D eigenvalue weighted by atomic mass is 16.3. The summed E-state index contributed by atoms with van der Waals surface area (Å²) in [4.78, 5) is 33.8. The van der Waals surface area contributed by atoms with Gasteiger partial charge in [-0.3, -0.25) is 14.4 Å². The van der Waals surface area contributed by atoms with E-state index in [-0.39, 0.29) is 11.3 Å². The van der Waals surface area contributed by atoms with Gasteiger partial charge in [-0.15, -0.1) is 0 Å². The highest BCUT2D eigenvalue weighted by molar-refractivity contribution is 6.05. The van der Waals surface area contributed by atoms with Crippen LogP contribution in [0, 0.1) is 6.92 Å². The standard InChI is InChI=1S/C11H12N2O2.C6H5NO2.C2H6/c1-6-3-4-8-7(5-6)9(13-2)10(15-8)11(12)14;8-4-5-1-2-6(9)7-3-5;1-2/h3-5,13H,1-2H3,(H2,12,14);1-4H,(H,7,9);1-2H3. The van der Waals surface area contributed by atoms with Crippen LogP contribution in [0.3, 0.4) is 0 Å². The molecule has 7 nitrogen and oxygen atoms in total. The maximum absolute atomic E-state index is 11.1. The van der Waals surface area contributed by atoms with Gasteiger partial charge in [0.1, 0.15) is 5.58 Å². The molecule has 0 aliphatic rings. The number of amides is 1. The Bertz CT molecular complexity index is 921. The third-order valence-corrected chi connectivity index (χ3v) is 3.26. The molecule has 1 aromatic carbocycles. The van der Waals surface area contributed by atoms with Crippen molar-refractivity contribution in [1.29, 1.82) is 0 Å². The van der Waals surface area contributed by atoms with E-state index >= 15 is 0 Å². The number of benzene rings is 1. The molecule has 4 N–H and O–H groups in total. The summed E-state index contributed by atoms with van der Waals surface area (Å²) in [5.74, 6) is -0.383. The zero-order valence-corrected chi connectivity index (χ0v) is 15.3. The number of fused-ring (bicyclic) bond motifs is 1. The Morgan fingerprint density at radius 1 is 1.23 bits per heavy atom. The first-order valence-corrected chi connectivity index (χ1v) is 8.11. The number of aromatic amines is 1. The van der Waals surface area contributed by atoms with E-state index in [2.05, 4.69) is 10.3 Å². The molecular weight excluding hydrogens is 334 g/mol. The maximum Gasteiger partial charge on any atom is 0.286 e. The van der Waals surface area contributed by atoms with Crippen LogP contribution in [-0.4, -0.2) is 24.2 Å². The normalized spacial score (nSPS) is 9.38. The Balaban J connectivity index is 0.000000263. The lowest BCUT2D eigenvalue weighted by atomic mass is 10.1. The third kappa shape index (κ3) is 5.07. The maximum atomic E-state index is 11.1. The number of nitrogens with two attached hydrogens (primary N) is 1. The molecule has 26 heavy (non-hydrogen) atoms. The summed E-state index contributed by atoms with van der Waals surface area (Å²) in [5.41, 5.74) is 7.93. The molecule has 0 aliphatic carbocycles. The number of rotatable bonds is 3. The number of aryl methyl sites for hydroxylation is 1. The predicted molar refractivity (Wildman–Crippen MR) is 103 cm³/mol. The molecule has 7 heteroatoms. The van der Waals surface area contributed by atoms with Crippen molar-refractivity contribution >= 4 is 28.8 Å². The molecule has 2 aromatic heterocycles. The molecule has 3 rings (SSSR count). The third-order valence-electron chi connectivity index (χ3n) is 3.26. The van der Waals surface area contributed by atoms with Gasteiger partial charge in [-0.05, 0) is 25.1 Å². The van der Waals surface area contributed by atoms with Crippen molar-refractivity contribution < 1.29 is 14.0 Å². The smallest absolute Gasteiger partial charge is 0.286 e. The van der Waals surface area contributed by atoms with E-state index in [9.17, 15) is 14.4 Å². The predicted octanol–water partition coefficient (Wildman–Crippen LogP) is 3.10. The van der Waals surface area contributed by atoms with Gasteiger partial charge in [-0.1, -0.05) is 25.5 Å². The number of hydrogen-bond donors (Lipinski definition) is 3. The number of carbonyl (C=O) groups excluding carboxylic acids is 2. The Labute approximate surface area is 151 Å². The van der Waals surface area contributed by atoms with Gasteiger partial charge in [0.05, 0.1) is 5.69 Å². The molecule has 0 spiro atoms. The molecule has 0 radical (unpaired) electrons. The molecule has 0 aliphatic heterocycles. The minimum absolute atomic E-state index is 0.179. The summed E-state index contributed by atoms with van der Waals surface area (Å²) in [7, 11) is 1.74. The number of hydrogen-bond acceptors (Lipinski definition) is 5. The van der Waals surface area contributed by atoms with Gasteiger partial charge in [0.2, 0.25) is 11.3 Å². The topological polar surface area (TPSA) is 118 Å². The fraction of sp³-hybridized carbons (Fsp3) is 0.211. The first-order chi connectivity index (χ1) is 12.5. The molecule has 0 saturated heterocycles. The van der Waals surface area contributed by atoms with Crippen LogP contribution in [0.5, 0.6) is 0 Å². The van der Waals surface area contributed by atoms with E-state index < -0.39 is 5.91 Å². The second kappa shape index (κ2) is 9.83. The molecule has 0 fully saturated rings. The monoisotopic (exact) mass is 357 g/mol. The summed E-state index contributed by atoms with van der Waals surface area (Å²) < 4.78 is 5.37. The number of nitrogens with one attached hydrogen (secondary N) is 2. The Kier molecular flexibility index (Phi) is 7.82. The number of carbonyl (C=O) groups is 2. The summed E-state index contributed by atoms with van der Waals surface area (Å²) >= 11 is 0. The summed E-state index contributed by atoms with van der Waals surface area (Å²) in [6, 6.07) is 8.49. The second-order valence-electron chi connectivity index (χ2n) is 5.02. The fourth-order valence-electron chi connectivity index (χ4n) is 2.13. The van der Waals surface area contributed by atoms with Gasteiger partial charge >= 0.3 is 0 Å². The Hall–Kier alpha value is -3.35. The van der Waals surface area contributed by atoms with Crippen LogP contribution in [-0.2, 0) is 0 Å². The van der Waals surface area contributed by atoms with Crippen LogP contribution >= 0.6 is 0 Å². The van der Waals surface area contributed by atoms with Gasteiger partial charge in [0.15, 0.2) is 6.29 Å². The van der Waals surface area contributed by atoms with Crippen LogP contribution in [0.15, 0.2) is 45.7 Å². The molecule has 0 atom stereocenters. The van der Waals surface area contributed by atoms with E-state index in [0.29, 0.717) is 23.1 Å². The van der Waals surface area contributed by atoms with Gasteiger partial charge in [-0.25, -0.2) is 0 Å². The van der Waals surface area contributed by atoms with Crippen molar-refractivity contribution in [2.45, 2.75) is 20.8 Å². The Morgan fingerprint density at radius 3 is 2.42 bits per heavy atom. The number of pyridine rings is 1. The van der Waals surface area contributed by atoms with Crippen molar-refractivity contribution in [2.75, 3.05) is 12.4 Å². The number of primary amides is 1. The quantitative estimate of drug-likeness (QED) is 0.623. The lowest BCUT2D eigenvalue weighted by Gasteiger charge is -1.98. The second-order valence-corrected chi connectivity index (χ2v) is 5.02. The zero-order valence-electron chi connectivity index (χ0n) is 15.3. The molecular formula is C19H23N3O4. The highest BCUT2D eigenvalue weighted by Gasteiger charge is 2.16. The van der Waals surface area contributed by atoms with E-state index in [0.717, 1.165) is 10.9 Å². The van der Waals surface area contributed by atoms with Crippen molar-refractivity contribution in [3.05, 3.63) is 63.8 Å². The fourth-order valence-corrected chi connectivity index (χ4v) is 2.13. The van der Waals surface area contributed by atoms with Crippen LogP contribution in [0.1, 0.15) is 40.3 Å². The van der Waals surface area contributed by atoms with Crippen molar-refractivity contribution in [3.8, 4) is 0 Å². The van der Waals surface area contributed by atoms with Crippen LogP contribution in [0.4, 0.5) is 5.69 Å². The molecule has 0 saturated carbocycles. The number of furan rings is 1. The summed E-state index contributed by atoms with van der Waals surface area (Å²) in [5, 5.41) is 3.81. The molecule has 0 unspecified atom stereocenters. The van der Waals surface area contributed by atoms with E-state index in [1.807, 2.05) is 39.0 Å². The first kappa shape index (κ1) is 20.7. The van der Waals surface area contributed by atoms with Gasteiger partial charge in [-0.2, -0.15) is 0 Å². The number of aldehydes is 1. The van der Waals surface area contributed by atoms with E-state index in [1.165, 1.54) is 18.3 Å². The van der Waals surface area contributed by atoms with Crippen molar-refractivity contribution in [3.63, 3.8) is 0 Å². The molecule has 3 aromatic rings. The van der Waals surface area contributed by atoms with Gasteiger partial charge in [0, 0.05) is 30.3 Å². The zero-order chi connectivity index (χ0) is 19.7. The molecule has 138 valence electrons. The molecule has 1 amide bonds. The Morgan fingerprint density at radius 2 is 1.92 bits per heavy atom. The minimum atomic E-state index is -0.562. The van der Waals surface area contributed by atoms with Gasteiger partial charge in [0.25, 0.3) is 5.91 Å². The van der Waals surface area contributed by atoms with Gasteiger partial charge < -0.3 is 20.5 Å². The number of aromatic nitrogens is 1. The lowest BCUT2D eigenvalue weighted by molar-refractivity contribution is 0.0976. The first-order valence-electron chi connectivity index (χ1n) is 8.11. The molecule has 0 bridgehead atoms. The van der Waals surface area contributed by atoms with Crippen molar-refractivity contribution in [1.82, 2.24) is 4.98 Å². The lowest BCUT2D eigenvalue weighted by Crippen LogP contribution is -2.11. The van der Waals surface area contributed by atoms with Crippen LogP contribution < -0.4 is 16.6 Å². The van der Waals surface area contributed by atoms with E-state index in [1.54, 1.807) is 7.05 Å². The number of anilines is 1.